The fourth-order valence-electron chi connectivity index (χ4n) is 1.78. The van der Waals surface area contributed by atoms with Crippen LogP contribution in [0.4, 0.5) is 18.9 Å². The van der Waals surface area contributed by atoms with Gasteiger partial charge >= 0.3 is 12.1 Å². The first kappa shape index (κ1) is 21.5. The average molecular weight is 374 g/mol. The Balaban J connectivity index is 2.68. The zero-order chi connectivity index (χ0) is 20.0. The number of amides is 1. The molecule has 6 nitrogen and oxygen atoms in total. The number of esters is 1. The number of anilines is 1. The Morgan fingerprint density at radius 3 is 2.42 bits per heavy atom. The van der Waals surface area contributed by atoms with Crippen LogP contribution in [0, 0.1) is 5.41 Å². The van der Waals surface area contributed by atoms with E-state index in [1.807, 2.05) is 0 Å². The van der Waals surface area contributed by atoms with Crippen LogP contribution in [-0.4, -0.2) is 45.0 Å². The number of alkyl halides is 3. The lowest BCUT2D eigenvalue weighted by Crippen LogP contribution is -2.32. The molecular formula is C17H21F3N2O4. The molecule has 0 bridgehead atoms. The summed E-state index contributed by atoms with van der Waals surface area (Å²) < 4.78 is 47.8. The van der Waals surface area contributed by atoms with E-state index in [1.54, 1.807) is 0 Å². The van der Waals surface area contributed by atoms with Gasteiger partial charge in [-0.3, -0.25) is 9.79 Å². The first-order valence-corrected chi connectivity index (χ1v) is 7.63. The van der Waals surface area contributed by atoms with Gasteiger partial charge in [0, 0.05) is 6.21 Å². The number of benzene rings is 1. The quantitative estimate of drug-likeness (QED) is 0.586. The maximum atomic E-state index is 12.7. The Morgan fingerprint density at radius 1 is 1.23 bits per heavy atom. The van der Waals surface area contributed by atoms with Gasteiger partial charge in [-0.2, -0.15) is 13.2 Å². The molecule has 0 heterocycles. The number of ether oxygens (including phenoxy) is 2. The highest BCUT2D eigenvalue weighted by Crippen LogP contribution is 2.39. The van der Waals surface area contributed by atoms with Crippen molar-refractivity contribution in [1.29, 1.82) is 0 Å². The highest BCUT2D eigenvalue weighted by Gasteiger charge is 2.46. The molecule has 0 aliphatic rings. The summed E-state index contributed by atoms with van der Waals surface area (Å²) >= 11 is 0. The van der Waals surface area contributed by atoms with Crippen molar-refractivity contribution in [1.82, 2.24) is 0 Å². The minimum absolute atomic E-state index is 0.239. The number of hydrogen-bond donors (Lipinski definition) is 1. The lowest BCUT2D eigenvalue weighted by molar-refractivity contribution is -0.208. The smallest absolute Gasteiger partial charge is 0.394 e. The van der Waals surface area contributed by atoms with Crippen LogP contribution >= 0.6 is 0 Å². The fraction of sp³-hybridized carbons (Fsp3) is 0.471. The van der Waals surface area contributed by atoms with Crippen LogP contribution in [0.25, 0.3) is 0 Å². The first-order chi connectivity index (χ1) is 12.0. The normalized spacial score (nSPS) is 12.1. The number of carbonyl (C=O) groups is 2. The van der Waals surface area contributed by atoms with Gasteiger partial charge in [-0.1, -0.05) is 13.8 Å². The Labute approximate surface area is 149 Å². The lowest BCUT2D eigenvalue weighted by Gasteiger charge is -2.25. The van der Waals surface area contributed by atoms with E-state index in [1.165, 1.54) is 32.4 Å². The summed E-state index contributed by atoms with van der Waals surface area (Å²) in [5.41, 5.74) is -1.37. The molecule has 1 aromatic rings. The van der Waals surface area contributed by atoms with Crippen LogP contribution in [0.3, 0.4) is 0 Å². The standard InChI is InChI=1S/C17H21F3N2O4/c1-16(2,17(18,19)20)7-8-21-10-14(23)22-12-6-5-11(15(24)26-4)9-13(12)25-3/h5-6,8-9H,7,10H2,1-4H3,(H,22,23). The molecule has 1 aromatic carbocycles. The van der Waals surface area contributed by atoms with E-state index in [9.17, 15) is 22.8 Å². The molecule has 144 valence electrons. The van der Waals surface area contributed by atoms with Gasteiger partial charge in [-0.05, 0) is 24.6 Å². The zero-order valence-corrected chi connectivity index (χ0v) is 14.9. The minimum atomic E-state index is -4.35. The van der Waals surface area contributed by atoms with Gasteiger partial charge in [-0.15, -0.1) is 0 Å². The van der Waals surface area contributed by atoms with Crippen LogP contribution < -0.4 is 10.1 Å². The SMILES string of the molecule is COC(=O)c1ccc(NC(=O)CN=CCC(C)(C)C(F)(F)F)c(OC)c1. The van der Waals surface area contributed by atoms with Crippen molar-refractivity contribution in [3.05, 3.63) is 23.8 Å². The van der Waals surface area contributed by atoms with Crippen LogP contribution in [0.15, 0.2) is 23.2 Å². The third kappa shape index (κ3) is 5.75. The number of hydrogen-bond acceptors (Lipinski definition) is 5. The largest absolute Gasteiger partial charge is 0.495 e. The van der Waals surface area contributed by atoms with Crippen molar-refractivity contribution >= 4 is 23.8 Å². The molecule has 0 aliphatic carbocycles. The van der Waals surface area contributed by atoms with Crippen molar-refractivity contribution in [3.63, 3.8) is 0 Å². The van der Waals surface area contributed by atoms with E-state index in [4.69, 9.17) is 4.74 Å². The van der Waals surface area contributed by atoms with Gasteiger partial charge in [0.25, 0.3) is 0 Å². The fourth-order valence-corrected chi connectivity index (χ4v) is 1.78. The second-order valence-electron chi connectivity index (χ2n) is 6.06. The predicted octanol–water partition coefficient (Wildman–Crippen LogP) is 3.47. The predicted molar refractivity (Wildman–Crippen MR) is 90.8 cm³/mol. The summed E-state index contributed by atoms with van der Waals surface area (Å²) in [5.74, 6) is -0.850. The van der Waals surface area contributed by atoms with Gasteiger partial charge in [0.1, 0.15) is 12.3 Å². The molecule has 0 aromatic heterocycles. The average Bonchev–Trinajstić information content (AvgIpc) is 2.57. The molecule has 0 saturated carbocycles. The highest BCUT2D eigenvalue weighted by atomic mass is 19.4. The van der Waals surface area contributed by atoms with Gasteiger partial charge in [-0.25, -0.2) is 4.79 Å². The zero-order valence-electron chi connectivity index (χ0n) is 14.9. The summed E-state index contributed by atoms with van der Waals surface area (Å²) in [6.45, 7) is 1.79. The Hall–Kier alpha value is -2.58. The number of methoxy groups -OCH3 is 2. The van der Waals surface area contributed by atoms with Crippen molar-refractivity contribution in [3.8, 4) is 5.75 Å². The van der Waals surface area contributed by atoms with E-state index >= 15 is 0 Å². The summed E-state index contributed by atoms with van der Waals surface area (Å²) in [5, 5.41) is 2.52. The Morgan fingerprint density at radius 2 is 1.88 bits per heavy atom. The van der Waals surface area contributed by atoms with Crippen LogP contribution in [0.1, 0.15) is 30.6 Å². The summed E-state index contributed by atoms with van der Waals surface area (Å²) in [7, 11) is 2.60. The summed E-state index contributed by atoms with van der Waals surface area (Å²) in [4.78, 5) is 27.1. The van der Waals surface area contributed by atoms with Gasteiger partial charge in [0.2, 0.25) is 5.91 Å². The second-order valence-corrected chi connectivity index (χ2v) is 6.06. The van der Waals surface area contributed by atoms with E-state index < -0.39 is 23.5 Å². The number of rotatable bonds is 7. The van der Waals surface area contributed by atoms with Crippen LogP contribution in [-0.2, 0) is 9.53 Å². The van der Waals surface area contributed by atoms with E-state index in [0.717, 1.165) is 20.1 Å². The van der Waals surface area contributed by atoms with Crippen molar-refractivity contribution < 1.29 is 32.2 Å². The van der Waals surface area contributed by atoms with Crippen molar-refractivity contribution in [2.45, 2.75) is 26.4 Å². The maximum Gasteiger partial charge on any atom is 0.394 e. The van der Waals surface area contributed by atoms with Gasteiger partial charge in [0.05, 0.1) is 30.9 Å². The number of aliphatic imine (C=N–C) groups is 1. The molecule has 0 unspecified atom stereocenters. The topological polar surface area (TPSA) is 77.0 Å². The molecular weight excluding hydrogens is 353 g/mol. The number of nitrogens with zero attached hydrogens (tertiary/aromatic N) is 1. The second kappa shape index (κ2) is 8.68. The third-order valence-corrected chi connectivity index (χ3v) is 3.63. The molecule has 1 N–H and O–H groups in total. The molecule has 0 atom stereocenters. The lowest BCUT2D eigenvalue weighted by atomic mass is 9.89. The van der Waals surface area contributed by atoms with Crippen molar-refractivity contribution in [2.75, 3.05) is 26.1 Å². The molecule has 1 amide bonds. The molecule has 0 fully saturated rings. The highest BCUT2D eigenvalue weighted by molar-refractivity contribution is 5.96. The van der Waals surface area contributed by atoms with Crippen LogP contribution in [0.2, 0.25) is 0 Å². The third-order valence-electron chi connectivity index (χ3n) is 3.63. The van der Waals surface area contributed by atoms with E-state index in [2.05, 4.69) is 15.0 Å². The molecule has 0 aliphatic heterocycles. The van der Waals surface area contributed by atoms with Crippen molar-refractivity contribution in [2.24, 2.45) is 10.4 Å². The number of halogens is 3. The molecule has 0 radical (unpaired) electrons. The maximum absolute atomic E-state index is 12.7. The molecule has 9 heteroatoms. The first-order valence-electron chi connectivity index (χ1n) is 7.63. The molecule has 0 spiro atoms. The van der Waals surface area contributed by atoms with Crippen LogP contribution in [0.5, 0.6) is 5.75 Å². The number of nitrogens with one attached hydrogen (secondary N) is 1. The monoisotopic (exact) mass is 374 g/mol. The Bertz CT molecular complexity index is 685. The summed E-state index contributed by atoms with van der Waals surface area (Å²) in [6, 6.07) is 4.30. The molecule has 1 rings (SSSR count). The number of carbonyl (C=O) groups excluding carboxylic acids is 2. The van der Waals surface area contributed by atoms with Gasteiger partial charge < -0.3 is 14.8 Å². The van der Waals surface area contributed by atoms with E-state index in [-0.39, 0.29) is 24.3 Å². The van der Waals surface area contributed by atoms with Gasteiger partial charge in [0.15, 0.2) is 0 Å². The Kier molecular flexibility index (Phi) is 7.17. The summed E-state index contributed by atoms with van der Waals surface area (Å²) in [6.07, 6.45) is -3.60. The van der Waals surface area contributed by atoms with E-state index in [0.29, 0.717) is 5.69 Å². The minimum Gasteiger partial charge on any atom is -0.495 e. The molecule has 0 saturated heterocycles. The molecule has 26 heavy (non-hydrogen) atoms.